The van der Waals surface area contributed by atoms with Gasteiger partial charge in [0.15, 0.2) is 0 Å². The topological polar surface area (TPSA) is 68.3 Å². The molecular formula is C25H36N2O5. The van der Waals surface area contributed by atoms with E-state index in [1.54, 1.807) is 32.4 Å². The molecule has 1 aromatic rings. The van der Waals surface area contributed by atoms with E-state index in [-0.39, 0.29) is 29.3 Å². The van der Waals surface area contributed by atoms with Crippen LogP contribution < -0.4 is 9.47 Å². The zero-order valence-corrected chi connectivity index (χ0v) is 19.6. The molecule has 1 spiro atoms. The molecule has 1 aromatic carbocycles. The minimum absolute atomic E-state index is 0.00329. The van der Waals surface area contributed by atoms with Crippen LogP contribution in [-0.2, 0) is 9.53 Å². The van der Waals surface area contributed by atoms with Crippen molar-refractivity contribution in [3.05, 3.63) is 23.8 Å². The van der Waals surface area contributed by atoms with Crippen LogP contribution in [-0.4, -0.2) is 75.2 Å². The molecule has 32 heavy (non-hydrogen) atoms. The predicted molar refractivity (Wildman–Crippen MR) is 121 cm³/mol. The standard InChI is InChI=1S/C25H36N2O5/c1-30-20-14-19(15-21(16-20)31-2)24(29)26-12-7-18(8-13-26)23(28)27-11-5-10-25(17-27)9-4-6-22(25)32-3/h14-16,18,22H,4-13,17H2,1-3H3/t22-,25+/m1/s1. The summed E-state index contributed by atoms with van der Waals surface area (Å²) in [5.41, 5.74) is 0.695. The first kappa shape index (κ1) is 22.9. The predicted octanol–water partition coefficient (Wildman–Crippen LogP) is 3.36. The number of hydrogen-bond donors (Lipinski definition) is 0. The molecule has 0 N–H and O–H groups in total. The highest BCUT2D eigenvalue weighted by Gasteiger charge is 2.47. The number of methoxy groups -OCH3 is 3. The van der Waals surface area contributed by atoms with Crippen LogP contribution in [0, 0.1) is 11.3 Å². The molecule has 0 unspecified atom stereocenters. The Morgan fingerprint density at radius 2 is 1.53 bits per heavy atom. The van der Waals surface area contributed by atoms with Gasteiger partial charge in [-0.15, -0.1) is 0 Å². The SMILES string of the molecule is COc1cc(OC)cc(C(=O)N2CCC(C(=O)N3CCC[C@@]4(CCC[C@H]4OC)C3)CC2)c1. The molecule has 176 valence electrons. The van der Waals surface area contributed by atoms with Crippen LogP contribution in [0.5, 0.6) is 11.5 Å². The summed E-state index contributed by atoms with van der Waals surface area (Å²) in [6.45, 7) is 2.86. The molecule has 0 aromatic heterocycles. The summed E-state index contributed by atoms with van der Waals surface area (Å²) in [4.78, 5) is 30.3. The first-order valence-electron chi connectivity index (χ1n) is 11.8. The molecule has 7 nitrogen and oxygen atoms in total. The van der Waals surface area contributed by atoms with Crippen LogP contribution in [0.25, 0.3) is 0 Å². The van der Waals surface area contributed by atoms with E-state index in [1.165, 1.54) is 6.42 Å². The van der Waals surface area contributed by atoms with Gasteiger partial charge in [-0.3, -0.25) is 9.59 Å². The van der Waals surface area contributed by atoms with Crippen molar-refractivity contribution < 1.29 is 23.8 Å². The molecular weight excluding hydrogens is 408 g/mol. The van der Waals surface area contributed by atoms with Crippen LogP contribution in [0.1, 0.15) is 55.3 Å². The van der Waals surface area contributed by atoms with Crippen molar-refractivity contribution in [2.24, 2.45) is 11.3 Å². The molecule has 4 rings (SSSR count). The number of amides is 2. The van der Waals surface area contributed by atoms with Crippen molar-refractivity contribution in [1.82, 2.24) is 9.80 Å². The first-order chi connectivity index (χ1) is 15.5. The normalized spacial score (nSPS) is 26.4. The second kappa shape index (κ2) is 9.69. The van der Waals surface area contributed by atoms with Gasteiger partial charge in [0.25, 0.3) is 5.91 Å². The Hall–Kier alpha value is -2.28. The van der Waals surface area contributed by atoms with Gasteiger partial charge in [-0.2, -0.15) is 0 Å². The van der Waals surface area contributed by atoms with Crippen molar-refractivity contribution in [2.45, 2.75) is 51.0 Å². The van der Waals surface area contributed by atoms with Crippen LogP contribution in [0.15, 0.2) is 18.2 Å². The molecule has 3 fully saturated rings. The molecule has 2 amide bonds. The van der Waals surface area contributed by atoms with E-state index < -0.39 is 0 Å². The summed E-state index contributed by atoms with van der Waals surface area (Å²) in [5, 5.41) is 0. The smallest absolute Gasteiger partial charge is 0.254 e. The lowest BCUT2D eigenvalue weighted by atomic mass is 9.76. The molecule has 0 radical (unpaired) electrons. The van der Waals surface area contributed by atoms with Crippen molar-refractivity contribution in [3.8, 4) is 11.5 Å². The van der Waals surface area contributed by atoms with E-state index in [0.717, 1.165) is 38.8 Å². The quantitative estimate of drug-likeness (QED) is 0.697. The van der Waals surface area contributed by atoms with E-state index in [9.17, 15) is 9.59 Å². The van der Waals surface area contributed by atoms with E-state index in [0.29, 0.717) is 43.0 Å². The molecule has 0 bridgehead atoms. The number of carbonyl (C=O) groups is 2. The van der Waals surface area contributed by atoms with E-state index in [2.05, 4.69) is 4.90 Å². The Kier molecular flexibility index (Phi) is 6.93. The number of carbonyl (C=O) groups excluding carboxylic acids is 2. The second-order valence-corrected chi connectivity index (χ2v) is 9.51. The van der Waals surface area contributed by atoms with Gasteiger partial charge < -0.3 is 24.0 Å². The number of benzene rings is 1. The van der Waals surface area contributed by atoms with Crippen LogP contribution >= 0.6 is 0 Å². The molecule has 1 saturated carbocycles. The Bertz CT molecular complexity index is 813. The fourth-order valence-corrected chi connectivity index (χ4v) is 5.99. The Balaban J connectivity index is 1.36. The Morgan fingerprint density at radius 3 is 2.16 bits per heavy atom. The minimum atomic E-state index is -0.0427. The lowest BCUT2D eigenvalue weighted by molar-refractivity contribution is -0.143. The van der Waals surface area contributed by atoms with Gasteiger partial charge in [0, 0.05) is 56.3 Å². The summed E-state index contributed by atoms with van der Waals surface area (Å²) < 4.78 is 16.4. The number of hydrogen-bond acceptors (Lipinski definition) is 5. The second-order valence-electron chi connectivity index (χ2n) is 9.51. The largest absolute Gasteiger partial charge is 0.497 e. The fourth-order valence-electron chi connectivity index (χ4n) is 5.99. The van der Waals surface area contributed by atoms with Crippen molar-refractivity contribution in [1.29, 1.82) is 0 Å². The van der Waals surface area contributed by atoms with Crippen molar-refractivity contribution in [2.75, 3.05) is 47.5 Å². The van der Waals surface area contributed by atoms with Gasteiger partial charge >= 0.3 is 0 Å². The van der Waals surface area contributed by atoms with E-state index in [4.69, 9.17) is 14.2 Å². The summed E-state index contributed by atoms with van der Waals surface area (Å²) in [6, 6.07) is 5.23. The zero-order chi connectivity index (χ0) is 22.7. The summed E-state index contributed by atoms with van der Waals surface area (Å²) >= 11 is 0. The average Bonchev–Trinajstić information content (AvgIpc) is 3.23. The van der Waals surface area contributed by atoms with Crippen molar-refractivity contribution in [3.63, 3.8) is 0 Å². The minimum Gasteiger partial charge on any atom is -0.497 e. The first-order valence-corrected chi connectivity index (χ1v) is 11.8. The zero-order valence-electron chi connectivity index (χ0n) is 19.6. The number of nitrogens with zero attached hydrogens (tertiary/aromatic N) is 2. The van der Waals surface area contributed by atoms with Gasteiger partial charge in [0.1, 0.15) is 11.5 Å². The van der Waals surface area contributed by atoms with E-state index in [1.807, 2.05) is 12.0 Å². The molecule has 1 aliphatic carbocycles. The molecule has 2 aliphatic heterocycles. The third-order valence-electron chi connectivity index (χ3n) is 7.76. The maximum atomic E-state index is 13.4. The van der Waals surface area contributed by atoms with Crippen LogP contribution in [0.4, 0.5) is 0 Å². The molecule has 2 atom stereocenters. The lowest BCUT2D eigenvalue weighted by Crippen LogP contribution is -2.52. The third-order valence-corrected chi connectivity index (χ3v) is 7.76. The number of likely N-dealkylation sites (tertiary alicyclic amines) is 2. The Morgan fingerprint density at radius 1 is 0.875 bits per heavy atom. The van der Waals surface area contributed by atoms with Gasteiger partial charge in [0.2, 0.25) is 5.91 Å². The molecule has 2 saturated heterocycles. The van der Waals surface area contributed by atoms with E-state index >= 15 is 0 Å². The summed E-state index contributed by atoms with van der Waals surface area (Å²) in [7, 11) is 4.96. The number of piperidine rings is 2. The molecule has 7 heteroatoms. The Labute approximate surface area is 191 Å². The average molecular weight is 445 g/mol. The maximum absolute atomic E-state index is 13.4. The fraction of sp³-hybridized carbons (Fsp3) is 0.680. The maximum Gasteiger partial charge on any atom is 0.254 e. The number of rotatable bonds is 5. The van der Waals surface area contributed by atoms with Gasteiger partial charge in [-0.05, 0) is 50.7 Å². The third kappa shape index (κ3) is 4.45. The molecule has 2 heterocycles. The highest BCUT2D eigenvalue weighted by molar-refractivity contribution is 5.95. The van der Waals surface area contributed by atoms with Crippen LogP contribution in [0.2, 0.25) is 0 Å². The van der Waals surface area contributed by atoms with Gasteiger partial charge in [-0.25, -0.2) is 0 Å². The lowest BCUT2D eigenvalue weighted by Gasteiger charge is -2.45. The van der Waals surface area contributed by atoms with Crippen molar-refractivity contribution >= 4 is 11.8 Å². The highest BCUT2D eigenvalue weighted by Crippen LogP contribution is 2.46. The molecule has 3 aliphatic rings. The van der Waals surface area contributed by atoms with Crippen LogP contribution in [0.3, 0.4) is 0 Å². The summed E-state index contributed by atoms with van der Waals surface area (Å²) in [6.07, 6.45) is 7.37. The van der Waals surface area contributed by atoms with Gasteiger partial charge in [0.05, 0.1) is 20.3 Å². The van der Waals surface area contributed by atoms with Gasteiger partial charge in [-0.1, -0.05) is 6.42 Å². The monoisotopic (exact) mass is 444 g/mol. The number of ether oxygens (including phenoxy) is 3. The highest BCUT2D eigenvalue weighted by atomic mass is 16.5. The summed E-state index contributed by atoms with van der Waals surface area (Å²) in [5.74, 6) is 1.41.